The van der Waals surface area contributed by atoms with Gasteiger partial charge < -0.3 is 4.74 Å². The highest BCUT2D eigenvalue weighted by Crippen LogP contribution is 1.78. The summed E-state index contributed by atoms with van der Waals surface area (Å²) in [6.07, 6.45) is 0.427. The molecule has 0 aromatic rings. The van der Waals surface area contributed by atoms with Crippen LogP contribution in [0, 0.1) is 6.92 Å². The molecule has 2 heteroatoms. The summed E-state index contributed by atoms with van der Waals surface area (Å²) in [5.74, 6) is -0.0677. The molecule has 2 nitrogen and oxygen atoms in total. The summed E-state index contributed by atoms with van der Waals surface area (Å²) in [5, 5.41) is 0. The quantitative estimate of drug-likeness (QED) is 0.515. The van der Waals surface area contributed by atoms with Crippen molar-refractivity contribution in [3.05, 3.63) is 6.92 Å². The number of hydrogen-bond donors (Lipinski definition) is 0. The van der Waals surface area contributed by atoms with Crippen molar-refractivity contribution in [3.63, 3.8) is 0 Å². The largest absolute Gasteiger partial charge is 0.384 e. The number of carbonyl (C=O) groups is 1. The summed E-state index contributed by atoms with van der Waals surface area (Å²) in [7, 11) is 1.56. The van der Waals surface area contributed by atoms with Gasteiger partial charge in [0, 0.05) is 20.5 Å². The molecule has 0 spiro atoms. The number of hydrogen-bond acceptors (Lipinski definition) is 2. The smallest absolute Gasteiger partial charge is 0.135 e. The Morgan fingerprint density at radius 1 is 1.86 bits per heavy atom. The second kappa shape index (κ2) is 3.81. The van der Waals surface area contributed by atoms with Crippen LogP contribution in [0.5, 0.6) is 0 Å². The molecule has 1 radical (unpaired) electrons. The van der Waals surface area contributed by atoms with Gasteiger partial charge in [-0.2, -0.15) is 0 Å². The van der Waals surface area contributed by atoms with Crippen molar-refractivity contribution >= 4 is 5.78 Å². The monoisotopic (exact) mass is 101 g/mol. The van der Waals surface area contributed by atoms with E-state index >= 15 is 0 Å². The van der Waals surface area contributed by atoms with Crippen molar-refractivity contribution in [3.8, 4) is 0 Å². The topological polar surface area (TPSA) is 26.3 Å². The van der Waals surface area contributed by atoms with Crippen molar-refractivity contribution in [1.82, 2.24) is 0 Å². The molecule has 0 aliphatic carbocycles. The summed E-state index contributed by atoms with van der Waals surface area (Å²) in [5.41, 5.74) is 0. The van der Waals surface area contributed by atoms with Crippen LogP contribution < -0.4 is 0 Å². The normalized spacial score (nSPS) is 8.86. The molecule has 0 saturated carbocycles. The van der Waals surface area contributed by atoms with Gasteiger partial charge >= 0.3 is 0 Å². The van der Waals surface area contributed by atoms with E-state index in [1.165, 1.54) is 0 Å². The van der Waals surface area contributed by atoms with Crippen LogP contribution in [0.3, 0.4) is 0 Å². The predicted molar refractivity (Wildman–Crippen MR) is 26.9 cm³/mol. The van der Waals surface area contributed by atoms with Gasteiger partial charge in [-0.25, -0.2) is 0 Å². The van der Waals surface area contributed by atoms with Gasteiger partial charge in [0.25, 0.3) is 0 Å². The van der Waals surface area contributed by atoms with Crippen LogP contribution >= 0.6 is 0 Å². The minimum atomic E-state index is -0.0677. The number of ketones is 1. The van der Waals surface area contributed by atoms with Gasteiger partial charge in [0.15, 0.2) is 0 Å². The Kier molecular flexibility index (Phi) is 3.61. The predicted octanol–water partition coefficient (Wildman–Crippen LogP) is 0.426. The van der Waals surface area contributed by atoms with E-state index in [1.807, 2.05) is 0 Å². The molecule has 0 atom stereocenters. The first-order valence-electron chi connectivity index (χ1n) is 2.11. The Balaban J connectivity index is 2.82. The number of carbonyl (C=O) groups excluding carboxylic acids is 1. The molecule has 0 aromatic heterocycles. The second-order valence-electron chi connectivity index (χ2n) is 1.28. The summed E-state index contributed by atoms with van der Waals surface area (Å²) >= 11 is 0. The van der Waals surface area contributed by atoms with Crippen molar-refractivity contribution < 1.29 is 9.53 Å². The minimum absolute atomic E-state index is 0.0677. The Hall–Kier alpha value is -0.370. The lowest BCUT2D eigenvalue weighted by Crippen LogP contribution is -1.96. The van der Waals surface area contributed by atoms with E-state index in [9.17, 15) is 4.79 Å². The molecule has 0 N–H and O–H groups in total. The highest BCUT2D eigenvalue weighted by Gasteiger charge is 1.87. The van der Waals surface area contributed by atoms with E-state index < -0.39 is 0 Å². The number of Topliss-reactive ketones (excluding diaryl/α,β-unsaturated/α-hetero) is 1. The molecule has 41 valence electrons. The average molecular weight is 101 g/mol. The van der Waals surface area contributed by atoms with Gasteiger partial charge in [0.2, 0.25) is 0 Å². The van der Waals surface area contributed by atoms with E-state index in [-0.39, 0.29) is 5.78 Å². The number of rotatable bonds is 3. The molecular formula is C5H9O2. The fourth-order valence-electron chi connectivity index (χ4n) is 0.216. The molecule has 7 heavy (non-hydrogen) atoms. The zero-order valence-corrected chi connectivity index (χ0v) is 4.44. The van der Waals surface area contributed by atoms with Gasteiger partial charge in [-0.15, -0.1) is 0 Å². The SMILES string of the molecule is [CH2]C(=O)CCOC. The minimum Gasteiger partial charge on any atom is -0.384 e. The Morgan fingerprint density at radius 3 is 2.57 bits per heavy atom. The first-order valence-corrected chi connectivity index (χ1v) is 2.11. The van der Waals surface area contributed by atoms with Gasteiger partial charge in [-0.3, -0.25) is 4.79 Å². The molecule has 0 fully saturated rings. The standard InChI is InChI=1S/C5H9O2/c1-5(6)3-4-7-2/h1,3-4H2,2H3. The van der Waals surface area contributed by atoms with E-state index in [0.717, 1.165) is 0 Å². The Morgan fingerprint density at radius 2 is 2.43 bits per heavy atom. The highest BCUT2D eigenvalue weighted by molar-refractivity contribution is 5.82. The Bertz CT molecular complexity index is 59.1. The van der Waals surface area contributed by atoms with Gasteiger partial charge in [0.05, 0.1) is 6.61 Å². The maximum atomic E-state index is 10.0. The summed E-state index contributed by atoms with van der Waals surface area (Å²) < 4.78 is 4.59. The third kappa shape index (κ3) is 5.63. The fraction of sp³-hybridized carbons (Fsp3) is 0.600. The van der Waals surface area contributed by atoms with Gasteiger partial charge in [0.1, 0.15) is 5.78 Å². The van der Waals surface area contributed by atoms with E-state index in [4.69, 9.17) is 0 Å². The van der Waals surface area contributed by atoms with Crippen molar-refractivity contribution in [1.29, 1.82) is 0 Å². The molecule has 0 aliphatic rings. The van der Waals surface area contributed by atoms with E-state index in [2.05, 4.69) is 11.7 Å². The van der Waals surface area contributed by atoms with Gasteiger partial charge in [-0.1, -0.05) is 0 Å². The van der Waals surface area contributed by atoms with Crippen LogP contribution in [0.25, 0.3) is 0 Å². The Labute approximate surface area is 43.5 Å². The zero-order chi connectivity index (χ0) is 5.70. The maximum Gasteiger partial charge on any atom is 0.135 e. The molecule has 0 amide bonds. The average Bonchev–Trinajstić information content (AvgIpc) is 1.61. The van der Waals surface area contributed by atoms with Gasteiger partial charge in [-0.05, 0) is 0 Å². The molecule has 0 aromatic carbocycles. The van der Waals surface area contributed by atoms with Crippen molar-refractivity contribution in [2.24, 2.45) is 0 Å². The van der Waals surface area contributed by atoms with E-state index in [1.54, 1.807) is 7.11 Å². The molecule has 0 saturated heterocycles. The lowest BCUT2D eigenvalue weighted by molar-refractivity contribution is -0.115. The van der Waals surface area contributed by atoms with Crippen molar-refractivity contribution in [2.45, 2.75) is 6.42 Å². The molecule has 0 heterocycles. The third-order valence-electron chi connectivity index (χ3n) is 0.585. The fourth-order valence-corrected chi connectivity index (χ4v) is 0.216. The van der Waals surface area contributed by atoms with Crippen LogP contribution in [0.4, 0.5) is 0 Å². The first-order chi connectivity index (χ1) is 3.27. The lowest BCUT2D eigenvalue weighted by Gasteiger charge is -1.89. The number of methoxy groups -OCH3 is 1. The summed E-state index contributed by atoms with van der Waals surface area (Å²) in [4.78, 5) is 10.0. The van der Waals surface area contributed by atoms with Crippen LogP contribution in [0.2, 0.25) is 0 Å². The zero-order valence-electron chi connectivity index (χ0n) is 4.44. The maximum absolute atomic E-state index is 10.0. The third-order valence-corrected chi connectivity index (χ3v) is 0.585. The van der Waals surface area contributed by atoms with E-state index in [0.29, 0.717) is 13.0 Å². The second-order valence-corrected chi connectivity index (χ2v) is 1.28. The highest BCUT2D eigenvalue weighted by atomic mass is 16.5. The van der Waals surface area contributed by atoms with Crippen LogP contribution in [0.15, 0.2) is 0 Å². The lowest BCUT2D eigenvalue weighted by atomic mass is 10.3. The van der Waals surface area contributed by atoms with Crippen LogP contribution in [-0.4, -0.2) is 19.5 Å². The molecule has 0 aliphatic heterocycles. The first kappa shape index (κ1) is 6.63. The van der Waals surface area contributed by atoms with Crippen LogP contribution in [0.1, 0.15) is 6.42 Å². The molecule has 0 unspecified atom stereocenters. The molecule has 0 rings (SSSR count). The summed E-state index contributed by atoms with van der Waals surface area (Å²) in [6.45, 7) is 3.65. The molecular weight excluding hydrogens is 92.1 g/mol. The van der Waals surface area contributed by atoms with Crippen molar-refractivity contribution in [2.75, 3.05) is 13.7 Å². The van der Waals surface area contributed by atoms with Crippen LogP contribution in [-0.2, 0) is 9.53 Å². The summed E-state index contributed by atoms with van der Waals surface area (Å²) in [6, 6.07) is 0. The number of ether oxygens (including phenoxy) is 1. The molecule has 0 bridgehead atoms.